The van der Waals surface area contributed by atoms with Crippen LogP contribution >= 0.6 is 23.4 Å². The Labute approximate surface area is 222 Å². The van der Waals surface area contributed by atoms with Crippen molar-refractivity contribution in [1.82, 2.24) is 14.9 Å². The van der Waals surface area contributed by atoms with E-state index in [1.165, 1.54) is 22.8 Å². The van der Waals surface area contributed by atoms with Crippen LogP contribution in [0.3, 0.4) is 0 Å². The van der Waals surface area contributed by atoms with Gasteiger partial charge in [-0.15, -0.1) is 0 Å². The van der Waals surface area contributed by atoms with Gasteiger partial charge in [0.25, 0.3) is 11.5 Å². The molecule has 0 saturated carbocycles. The Morgan fingerprint density at radius 1 is 1.08 bits per heavy atom. The summed E-state index contributed by atoms with van der Waals surface area (Å²) in [5.41, 5.74) is 1.49. The second kappa shape index (κ2) is 11.6. The number of benzene rings is 3. The fourth-order valence-corrected chi connectivity index (χ4v) is 4.56. The van der Waals surface area contributed by atoms with E-state index in [-0.39, 0.29) is 35.5 Å². The van der Waals surface area contributed by atoms with Gasteiger partial charge in [-0.05, 0) is 61.9 Å². The fourth-order valence-electron chi connectivity index (χ4n) is 3.59. The molecule has 10 heteroatoms. The van der Waals surface area contributed by atoms with Crippen molar-refractivity contribution < 1.29 is 14.0 Å². The lowest BCUT2D eigenvalue weighted by atomic mass is 10.1. The summed E-state index contributed by atoms with van der Waals surface area (Å²) in [7, 11) is 0. The maximum Gasteiger partial charge on any atom is 0.262 e. The molecule has 4 rings (SSSR count). The molecule has 0 radical (unpaired) electrons. The van der Waals surface area contributed by atoms with Gasteiger partial charge in [-0.25, -0.2) is 9.37 Å². The van der Waals surface area contributed by atoms with E-state index in [0.717, 1.165) is 17.3 Å². The molecule has 0 atom stereocenters. The molecule has 1 aromatic heterocycles. The van der Waals surface area contributed by atoms with E-state index in [1.807, 2.05) is 13.8 Å². The van der Waals surface area contributed by atoms with E-state index in [4.69, 9.17) is 11.6 Å². The molecular formula is C27H24ClFN4O3S. The van der Waals surface area contributed by atoms with Crippen molar-refractivity contribution in [2.75, 3.05) is 11.1 Å². The van der Waals surface area contributed by atoms with E-state index in [1.54, 1.807) is 48.5 Å². The molecular weight excluding hydrogens is 515 g/mol. The van der Waals surface area contributed by atoms with E-state index in [0.29, 0.717) is 26.6 Å². The highest BCUT2D eigenvalue weighted by molar-refractivity contribution is 7.99. The number of aromatic nitrogens is 2. The van der Waals surface area contributed by atoms with Gasteiger partial charge in [0.1, 0.15) is 5.82 Å². The minimum absolute atomic E-state index is 0.0106. The molecule has 0 aliphatic heterocycles. The van der Waals surface area contributed by atoms with Gasteiger partial charge in [-0.3, -0.25) is 19.0 Å². The molecule has 3 aromatic carbocycles. The van der Waals surface area contributed by atoms with Gasteiger partial charge in [-0.2, -0.15) is 0 Å². The molecule has 37 heavy (non-hydrogen) atoms. The van der Waals surface area contributed by atoms with Crippen LogP contribution in [0.2, 0.25) is 5.02 Å². The fraction of sp³-hybridized carbons (Fsp3) is 0.185. The largest absolute Gasteiger partial charge is 0.350 e. The average Bonchev–Trinajstić information content (AvgIpc) is 2.86. The molecule has 4 aromatic rings. The Morgan fingerprint density at radius 3 is 2.51 bits per heavy atom. The molecule has 190 valence electrons. The SMILES string of the molecule is CC(C)NC(=O)c1ccc(Cn2c(SCC(=O)Nc3ccccc3F)nc3ccc(Cl)cc3c2=O)cc1. The van der Waals surface area contributed by atoms with Crippen molar-refractivity contribution in [3.05, 3.63) is 99.1 Å². The van der Waals surface area contributed by atoms with E-state index in [2.05, 4.69) is 15.6 Å². The van der Waals surface area contributed by atoms with Crippen molar-refractivity contribution in [2.24, 2.45) is 0 Å². The lowest BCUT2D eigenvalue weighted by molar-refractivity contribution is -0.113. The number of nitrogens with zero attached hydrogens (tertiary/aromatic N) is 2. The topological polar surface area (TPSA) is 93.1 Å². The maximum atomic E-state index is 13.9. The van der Waals surface area contributed by atoms with Crippen LogP contribution in [0, 0.1) is 5.82 Å². The van der Waals surface area contributed by atoms with Gasteiger partial charge in [0.05, 0.1) is 28.9 Å². The van der Waals surface area contributed by atoms with Crippen LogP contribution in [0.1, 0.15) is 29.8 Å². The molecule has 0 spiro atoms. The second-order valence-electron chi connectivity index (χ2n) is 8.59. The molecule has 7 nitrogen and oxygen atoms in total. The second-order valence-corrected chi connectivity index (χ2v) is 9.97. The van der Waals surface area contributed by atoms with Gasteiger partial charge in [-0.1, -0.05) is 47.6 Å². The van der Waals surface area contributed by atoms with E-state index < -0.39 is 11.7 Å². The first-order valence-corrected chi connectivity index (χ1v) is 12.8. The number of para-hydroxylation sites is 1. The lowest BCUT2D eigenvalue weighted by Crippen LogP contribution is -2.30. The molecule has 0 unspecified atom stereocenters. The van der Waals surface area contributed by atoms with Crippen LogP contribution in [0.15, 0.2) is 76.7 Å². The lowest BCUT2D eigenvalue weighted by Gasteiger charge is -2.14. The van der Waals surface area contributed by atoms with Gasteiger partial charge >= 0.3 is 0 Å². The average molecular weight is 539 g/mol. The normalized spacial score (nSPS) is 11.1. The molecule has 0 bridgehead atoms. The first kappa shape index (κ1) is 26.4. The van der Waals surface area contributed by atoms with Gasteiger partial charge in [0.15, 0.2) is 5.16 Å². The van der Waals surface area contributed by atoms with Crippen LogP contribution in [-0.4, -0.2) is 33.2 Å². The predicted molar refractivity (Wildman–Crippen MR) is 145 cm³/mol. The van der Waals surface area contributed by atoms with Crippen LogP contribution in [0.4, 0.5) is 10.1 Å². The van der Waals surface area contributed by atoms with Crippen molar-refractivity contribution in [3.8, 4) is 0 Å². The summed E-state index contributed by atoms with van der Waals surface area (Å²) in [5, 5.41) is 6.45. The Balaban J connectivity index is 1.61. The monoisotopic (exact) mass is 538 g/mol. The Morgan fingerprint density at radius 2 is 1.81 bits per heavy atom. The van der Waals surface area contributed by atoms with Crippen molar-refractivity contribution >= 4 is 51.8 Å². The molecule has 2 N–H and O–H groups in total. The minimum Gasteiger partial charge on any atom is -0.350 e. The molecule has 0 fully saturated rings. The summed E-state index contributed by atoms with van der Waals surface area (Å²) in [6.45, 7) is 3.93. The number of halogens is 2. The van der Waals surface area contributed by atoms with Crippen molar-refractivity contribution in [2.45, 2.75) is 31.6 Å². The first-order chi connectivity index (χ1) is 17.7. The van der Waals surface area contributed by atoms with E-state index in [9.17, 15) is 18.8 Å². The van der Waals surface area contributed by atoms with Gasteiger partial charge in [0.2, 0.25) is 5.91 Å². The number of nitrogens with one attached hydrogen (secondary N) is 2. The summed E-state index contributed by atoms with van der Waals surface area (Å²) in [5.74, 6) is -1.25. The third-order valence-corrected chi connectivity index (χ3v) is 6.55. The predicted octanol–water partition coefficient (Wildman–Crippen LogP) is 5.11. The minimum atomic E-state index is -0.538. The number of thioether (sulfide) groups is 1. The van der Waals surface area contributed by atoms with Gasteiger partial charge in [0, 0.05) is 16.6 Å². The van der Waals surface area contributed by atoms with Crippen LogP contribution < -0.4 is 16.2 Å². The highest BCUT2D eigenvalue weighted by Gasteiger charge is 2.16. The number of carbonyl (C=O) groups excluding carboxylic acids is 2. The van der Waals surface area contributed by atoms with Crippen LogP contribution in [0.5, 0.6) is 0 Å². The number of rotatable bonds is 8. The third kappa shape index (κ3) is 6.55. The summed E-state index contributed by atoms with van der Waals surface area (Å²) in [6.07, 6.45) is 0. The maximum absolute atomic E-state index is 13.9. The molecule has 1 heterocycles. The summed E-state index contributed by atoms with van der Waals surface area (Å²) in [6, 6.07) is 17.7. The zero-order chi connectivity index (χ0) is 26.5. The summed E-state index contributed by atoms with van der Waals surface area (Å²) < 4.78 is 15.4. The van der Waals surface area contributed by atoms with Crippen molar-refractivity contribution in [3.63, 3.8) is 0 Å². The summed E-state index contributed by atoms with van der Waals surface area (Å²) >= 11 is 7.18. The summed E-state index contributed by atoms with van der Waals surface area (Å²) in [4.78, 5) is 42.8. The molecule has 0 aliphatic carbocycles. The highest BCUT2D eigenvalue weighted by atomic mass is 35.5. The van der Waals surface area contributed by atoms with Crippen LogP contribution in [0.25, 0.3) is 10.9 Å². The third-order valence-electron chi connectivity index (χ3n) is 5.34. The number of fused-ring (bicyclic) bond motifs is 1. The Bertz CT molecular complexity index is 1520. The van der Waals surface area contributed by atoms with Crippen LogP contribution in [-0.2, 0) is 11.3 Å². The molecule has 2 amide bonds. The van der Waals surface area contributed by atoms with E-state index >= 15 is 0 Å². The number of carbonyl (C=O) groups is 2. The molecule has 0 saturated heterocycles. The Hall–Kier alpha value is -3.69. The number of hydrogen-bond acceptors (Lipinski definition) is 5. The van der Waals surface area contributed by atoms with Gasteiger partial charge < -0.3 is 10.6 Å². The number of amides is 2. The first-order valence-electron chi connectivity index (χ1n) is 11.5. The van der Waals surface area contributed by atoms with Crippen molar-refractivity contribution in [1.29, 1.82) is 0 Å². The highest BCUT2D eigenvalue weighted by Crippen LogP contribution is 2.22. The zero-order valence-electron chi connectivity index (χ0n) is 20.1. The number of hydrogen-bond donors (Lipinski definition) is 2. The standard InChI is InChI=1S/C27H24ClFN4O3S/c1-16(2)30-25(35)18-9-7-17(8-10-18)14-33-26(36)20-13-19(28)11-12-22(20)32-27(33)37-15-24(34)31-23-6-4-3-5-21(23)29/h3-13,16H,14-15H2,1-2H3,(H,30,35)(H,31,34). The Kier molecular flexibility index (Phi) is 8.25. The zero-order valence-corrected chi connectivity index (χ0v) is 21.7. The molecule has 0 aliphatic rings. The number of anilines is 1. The smallest absolute Gasteiger partial charge is 0.262 e. The quantitative estimate of drug-likeness (QED) is 0.240.